The second kappa shape index (κ2) is 4.88. The largest absolute Gasteiger partial charge is 0.351 e. The van der Waals surface area contributed by atoms with E-state index in [4.69, 9.17) is 0 Å². The normalized spacial score (nSPS) is 21.3. The number of carbonyl (C=O) groups excluding carboxylic acids is 2. The summed E-state index contributed by atoms with van der Waals surface area (Å²) in [6.07, 6.45) is 2.88. The van der Waals surface area contributed by atoms with Gasteiger partial charge in [0.05, 0.1) is 0 Å². The highest BCUT2D eigenvalue weighted by Crippen LogP contribution is 2.38. The monoisotopic (exact) mass is 256 g/mol. The standard InChI is InChI=1S/C15H16N2O2/c18-9-12-7-10(12)5-6-16-15(19)14-8-11-3-1-2-4-13(11)17-14/h1-4,8-10,12,17H,5-7H2,(H,16,19)/t10-,12+/m0/s1. The summed E-state index contributed by atoms with van der Waals surface area (Å²) in [5.41, 5.74) is 1.56. The number of nitrogens with one attached hydrogen (secondary N) is 2. The molecule has 98 valence electrons. The van der Waals surface area contributed by atoms with E-state index < -0.39 is 0 Å². The fourth-order valence-electron chi connectivity index (χ4n) is 2.43. The Kier molecular flexibility index (Phi) is 3.07. The van der Waals surface area contributed by atoms with Gasteiger partial charge in [0.25, 0.3) is 5.91 Å². The molecule has 4 heteroatoms. The summed E-state index contributed by atoms with van der Waals surface area (Å²) in [5, 5.41) is 3.93. The van der Waals surface area contributed by atoms with Crippen molar-refractivity contribution in [1.82, 2.24) is 10.3 Å². The summed E-state index contributed by atoms with van der Waals surface area (Å²) in [6, 6.07) is 9.67. The number of aldehydes is 1. The van der Waals surface area contributed by atoms with Gasteiger partial charge in [0, 0.05) is 23.4 Å². The van der Waals surface area contributed by atoms with Gasteiger partial charge >= 0.3 is 0 Å². The zero-order valence-corrected chi connectivity index (χ0v) is 10.6. The highest BCUT2D eigenvalue weighted by molar-refractivity contribution is 5.97. The molecule has 0 radical (unpaired) electrons. The number of para-hydroxylation sites is 1. The van der Waals surface area contributed by atoms with Crippen LogP contribution in [-0.4, -0.2) is 23.7 Å². The summed E-state index contributed by atoms with van der Waals surface area (Å²) in [7, 11) is 0. The zero-order valence-electron chi connectivity index (χ0n) is 10.6. The molecule has 0 aliphatic heterocycles. The first-order chi connectivity index (χ1) is 9.28. The maximum atomic E-state index is 12.0. The minimum absolute atomic E-state index is 0.0838. The molecule has 0 spiro atoms. The van der Waals surface area contributed by atoms with Crippen molar-refractivity contribution in [1.29, 1.82) is 0 Å². The lowest BCUT2D eigenvalue weighted by atomic mass is 10.2. The van der Waals surface area contributed by atoms with Gasteiger partial charge in [-0.3, -0.25) is 4.79 Å². The smallest absolute Gasteiger partial charge is 0.267 e. The van der Waals surface area contributed by atoms with Crippen molar-refractivity contribution in [3.05, 3.63) is 36.0 Å². The van der Waals surface area contributed by atoms with Crippen molar-refractivity contribution in [3.8, 4) is 0 Å². The first-order valence-corrected chi connectivity index (χ1v) is 6.59. The molecular weight excluding hydrogens is 240 g/mol. The number of carbonyl (C=O) groups is 2. The number of benzene rings is 1. The Morgan fingerprint density at radius 3 is 3.00 bits per heavy atom. The molecule has 0 bridgehead atoms. The fraction of sp³-hybridized carbons (Fsp3) is 0.333. The molecule has 2 aromatic rings. The molecular formula is C15H16N2O2. The summed E-state index contributed by atoms with van der Waals surface area (Å²) in [6.45, 7) is 0.628. The summed E-state index contributed by atoms with van der Waals surface area (Å²) >= 11 is 0. The van der Waals surface area contributed by atoms with E-state index in [2.05, 4.69) is 10.3 Å². The molecule has 19 heavy (non-hydrogen) atoms. The summed E-state index contributed by atoms with van der Waals surface area (Å²) in [5.74, 6) is 0.616. The molecule has 2 N–H and O–H groups in total. The highest BCUT2D eigenvalue weighted by atomic mass is 16.1. The number of H-pyrrole nitrogens is 1. The molecule has 1 aliphatic rings. The van der Waals surface area contributed by atoms with Crippen molar-refractivity contribution < 1.29 is 9.59 Å². The van der Waals surface area contributed by atoms with Crippen molar-refractivity contribution >= 4 is 23.1 Å². The van der Waals surface area contributed by atoms with Gasteiger partial charge in [-0.25, -0.2) is 0 Å². The number of hydrogen-bond donors (Lipinski definition) is 2. The van der Waals surface area contributed by atoms with Crippen molar-refractivity contribution in [2.24, 2.45) is 11.8 Å². The molecule has 2 atom stereocenters. The van der Waals surface area contributed by atoms with Gasteiger partial charge in [0.15, 0.2) is 0 Å². The number of aromatic nitrogens is 1. The minimum Gasteiger partial charge on any atom is -0.351 e. The van der Waals surface area contributed by atoms with Gasteiger partial charge in [-0.2, -0.15) is 0 Å². The lowest BCUT2D eigenvalue weighted by Gasteiger charge is -2.02. The molecule has 1 aromatic carbocycles. The van der Waals surface area contributed by atoms with Crippen molar-refractivity contribution in [2.45, 2.75) is 12.8 Å². The third-order valence-corrected chi connectivity index (χ3v) is 3.73. The van der Waals surface area contributed by atoms with Crippen LogP contribution in [0.25, 0.3) is 10.9 Å². The predicted octanol–water partition coefficient (Wildman–Crippen LogP) is 2.12. The van der Waals surface area contributed by atoms with E-state index in [9.17, 15) is 9.59 Å². The average molecular weight is 256 g/mol. The first kappa shape index (κ1) is 12.0. The Morgan fingerprint density at radius 2 is 2.26 bits per heavy atom. The number of rotatable bonds is 5. The van der Waals surface area contributed by atoms with Crippen LogP contribution >= 0.6 is 0 Å². The van der Waals surface area contributed by atoms with Crippen LogP contribution in [0.1, 0.15) is 23.3 Å². The SMILES string of the molecule is O=C[C@H]1C[C@@H]1CCNC(=O)c1cc2ccccc2[nH]1. The molecule has 1 saturated carbocycles. The third-order valence-electron chi connectivity index (χ3n) is 3.73. The van der Waals surface area contributed by atoms with Crippen LogP contribution in [0.15, 0.2) is 30.3 Å². The van der Waals surface area contributed by atoms with Crippen LogP contribution in [0.3, 0.4) is 0 Å². The molecule has 0 unspecified atom stereocenters. The van der Waals surface area contributed by atoms with Crippen LogP contribution in [0.4, 0.5) is 0 Å². The minimum atomic E-state index is -0.0838. The summed E-state index contributed by atoms with van der Waals surface area (Å²) < 4.78 is 0. The second-order valence-electron chi connectivity index (χ2n) is 5.11. The van der Waals surface area contributed by atoms with Crippen LogP contribution in [0.2, 0.25) is 0 Å². The van der Waals surface area contributed by atoms with Gasteiger partial charge in [-0.05, 0) is 30.9 Å². The van der Waals surface area contributed by atoms with E-state index in [0.29, 0.717) is 18.2 Å². The van der Waals surface area contributed by atoms with Gasteiger partial charge < -0.3 is 15.1 Å². The van der Waals surface area contributed by atoms with Crippen LogP contribution < -0.4 is 5.32 Å². The van der Waals surface area contributed by atoms with E-state index in [1.807, 2.05) is 30.3 Å². The Hall–Kier alpha value is -2.10. The van der Waals surface area contributed by atoms with Crippen LogP contribution in [-0.2, 0) is 4.79 Å². The quantitative estimate of drug-likeness (QED) is 0.805. The van der Waals surface area contributed by atoms with Gasteiger partial charge in [-0.15, -0.1) is 0 Å². The average Bonchev–Trinajstić information content (AvgIpc) is 3.05. The molecule has 0 saturated heterocycles. The molecule has 1 aliphatic carbocycles. The van der Waals surface area contributed by atoms with E-state index >= 15 is 0 Å². The fourth-order valence-corrected chi connectivity index (χ4v) is 2.43. The lowest BCUT2D eigenvalue weighted by Crippen LogP contribution is -2.25. The number of amides is 1. The van der Waals surface area contributed by atoms with Crippen LogP contribution in [0.5, 0.6) is 0 Å². The van der Waals surface area contributed by atoms with Crippen molar-refractivity contribution in [2.75, 3.05) is 6.54 Å². The Morgan fingerprint density at radius 1 is 1.42 bits per heavy atom. The van der Waals surface area contributed by atoms with E-state index in [0.717, 1.165) is 30.0 Å². The van der Waals surface area contributed by atoms with E-state index in [1.54, 1.807) is 0 Å². The summed E-state index contributed by atoms with van der Waals surface area (Å²) in [4.78, 5) is 25.6. The van der Waals surface area contributed by atoms with E-state index in [1.165, 1.54) is 0 Å². The molecule has 1 amide bonds. The van der Waals surface area contributed by atoms with Gasteiger partial charge in [0.1, 0.15) is 12.0 Å². The Labute approximate surface area is 111 Å². The maximum absolute atomic E-state index is 12.0. The number of fused-ring (bicyclic) bond motifs is 1. The predicted molar refractivity (Wildman–Crippen MR) is 72.9 cm³/mol. The topological polar surface area (TPSA) is 62.0 Å². The van der Waals surface area contributed by atoms with Gasteiger partial charge in [0.2, 0.25) is 0 Å². The first-order valence-electron chi connectivity index (χ1n) is 6.59. The molecule has 3 rings (SSSR count). The lowest BCUT2D eigenvalue weighted by molar-refractivity contribution is -0.109. The molecule has 1 heterocycles. The Bertz CT molecular complexity index is 584. The zero-order chi connectivity index (χ0) is 13.2. The van der Waals surface area contributed by atoms with Gasteiger partial charge in [-0.1, -0.05) is 18.2 Å². The number of hydrogen-bond acceptors (Lipinski definition) is 2. The molecule has 1 fully saturated rings. The van der Waals surface area contributed by atoms with E-state index in [-0.39, 0.29) is 11.8 Å². The third kappa shape index (κ3) is 2.52. The number of aromatic amines is 1. The molecule has 4 nitrogen and oxygen atoms in total. The van der Waals surface area contributed by atoms with Crippen molar-refractivity contribution in [3.63, 3.8) is 0 Å². The second-order valence-corrected chi connectivity index (χ2v) is 5.11. The molecule has 1 aromatic heterocycles. The van der Waals surface area contributed by atoms with Crippen LogP contribution in [0, 0.1) is 11.8 Å². The Balaban J connectivity index is 1.56. The maximum Gasteiger partial charge on any atom is 0.267 e. The highest BCUT2D eigenvalue weighted by Gasteiger charge is 2.35.